The van der Waals surface area contributed by atoms with Gasteiger partial charge < -0.3 is 9.67 Å². The van der Waals surface area contributed by atoms with E-state index in [0.717, 1.165) is 12.2 Å². The molecule has 1 aromatic heterocycles. The highest BCUT2D eigenvalue weighted by Gasteiger charge is 2.30. The predicted molar refractivity (Wildman–Crippen MR) is 39.8 cm³/mol. The molecule has 0 saturated heterocycles. The summed E-state index contributed by atoms with van der Waals surface area (Å²) in [6.45, 7) is 1.78. The lowest BCUT2D eigenvalue weighted by atomic mass is 10.2. The minimum absolute atomic E-state index is 0.449. The zero-order chi connectivity index (χ0) is 8.72. The average Bonchev–Trinajstić information content (AvgIpc) is 2.53. The second-order valence-electron chi connectivity index (χ2n) is 2.93. The normalized spacial score (nSPS) is 20.9. The van der Waals surface area contributed by atoms with Crippen molar-refractivity contribution in [3.63, 3.8) is 0 Å². The van der Waals surface area contributed by atoms with Crippen LogP contribution < -0.4 is 0 Å². The zero-order valence-electron chi connectivity index (χ0n) is 6.69. The molecule has 0 bridgehead atoms. The summed E-state index contributed by atoms with van der Waals surface area (Å²) in [5.74, 6) is 0.687. The van der Waals surface area contributed by atoms with Crippen molar-refractivity contribution >= 4 is 5.97 Å². The van der Waals surface area contributed by atoms with Gasteiger partial charge in [-0.1, -0.05) is 0 Å². The van der Waals surface area contributed by atoms with Crippen LogP contribution in [0.25, 0.3) is 0 Å². The first-order valence-corrected chi connectivity index (χ1v) is 3.83. The predicted octanol–water partition coefficient (Wildman–Crippen LogP) is 0.158. The van der Waals surface area contributed by atoms with Crippen LogP contribution >= 0.6 is 0 Å². The van der Waals surface area contributed by atoms with E-state index in [1.54, 1.807) is 11.5 Å². The molecule has 0 aromatic carbocycles. The molecule has 0 amide bonds. The van der Waals surface area contributed by atoms with E-state index in [1.807, 2.05) is 0 Å². The number of nitrogens with zero attached hydrogens (tertiary/aromatic N) is 3. The van der Waals surface area contributed by atoms with Gasteiger partial charge in [0.2, 0.25) is 0 Å². The Kier molecular flexibility index (Phi) is 1.39. The molecular weight excluding hydrogens is 158 g/mol. The first kappa shape index (κ1) is 7.27. The summed E-state index contributed by atoms with van der Waals surface area (Å²) in [6, 6.07) is -0.449. The standard InChI is InChI=1S/C7H9N3O2/c1-4-8-9-6-3-2-5(7(11)12)10(4)6/h5H,2-3H2,1H3,(H,11,12)/t5-/m1/s1. The second kappa shape index (κ2) is 2.30. The van der Waals surface area contributed by atoms with Gasteiger partial charge in [-0.2, -0.15) is 0 Å². The number of aliphatic carboxylic acids is 1. The maximum absolute atomic E-state index is 10.7. The van der Waals surface area contributed by atoms with Gasteiger partial charge >= 0.3 is 5.97 Å². The molecule has 12 heavy (non-hydrogen) atoms. The molecule has 0 radical (unpaired) electrons. The van der Waals surface area contributed by atoms with Crippen LogP contribution in [-0.4, -0.2) is 25.8 Å². The van der Waals surface area contributed by atoms with Crippen molar-refractivity contribution in [2.75, 3.05) is 0 Å². The highest BCUT2D eigenvalue weighted by atomic mass is 16.4. The Morgan fingerprint density at radius 1 is 1.67 bits per heavy atom. The lowest BCUT2D eigenvalue weighted by molar-refractivity contribution is -0.140. The third-order valence-electron chi connectivity index (χ3n) is 2.17. The molecule has 5 nitrogen and oxygen atoms in total. The van der Waals surface area contributed by atoms with E-state index < -0.39 is 12.0 Å². The van der Waals surface area contributed by atoms with Gasteiger partial charge in [0, 0.05) is 6.42 Å². The third-order valence-corrected chi connectivity index (χ3v) is 2.17. The zero-order valence-corrected chi connectivity index (χ0v) is 6.69. The fraction of sp³-hybridized carbons (Fsp3) is 0.571. The first-order chi connectivity index (χ1) is 5.70. The molecule has 0 spiro atoms. The number of aromatic nitrogens is 3. The summed E-state index contributed by atoms with van der Waals surface area (Å²) in [4.78, 5) is 10.7. The van der Waals surface area contributed by atoms with E-state index in [2.05, 4.69) is 10.2 Å². The lowest BCUT2D eigenvalue weighted by Crippen LogP contribution is -2.16. The SMILES string of the molecule is Cc1nnc2n1[C@@H](C(=O)O)CC2. The topological polar surface area (TPSA) is 68.0 Å². The van der Waals surface area contributed by atoms with E-state index >= 15 is 0 Å². The Hall–Kier alpha value is -1.39. The lowest BCUT2D eigenvalue weighted by Gasteiger charge is -2.07. The summed E-state index contributed by atoms with van der Waals surface area (Å²) in [5, 5.41) is 16.5. The van der Waals surface area contributed by atoms with Crippen LogP contribution in [0.1, 0.15) is 24.1 Å². The number of hydrogen-bond donors (Lipinski definition) is 1. The molecule has 64 valence electrons. The van der Waals surface area contributed by atoms with Crippen LogP contribution in [0.5, 0.6) is 0 Å². The van der Waals surface area contributed by atoms with E-state index in [-0.39, 0.29) is 0 Å². The maximum atomic E-state index is 10.7. The van der Waals surface area contributed by atoms with Gasteiger partial charge in [-0.15, -0.1) is 10.2 Å². The molecule has 2 rings (SSSR count). The molecule has 1 N–H and O–H groups in total. The van der Waals surface area contributed by atoms with E-state index in [4.69, 9.17) is 5.11 Å². The van der Waals surface area contributed by atoms with Crippen LogP contribution in [0.15, 0.2) is 0 Å². The number of aryl methyl sites for hydroxylation is 2. The molecule has 1 aromatic rings. The van der Waals surface area contributed by atoms with Gasteiger partial charge in [-0.3, -0.25) is 0 Å². The summed E-state index contributed by atoms with van der Waals surface area (Å²) in [5.41, 5.74) is 0. The van der Waals surface area contributed by atoms with Crippen LogP contribution in [0, 0.1) is 6.92 Å². The molecule has 1 aliphatic rings. The Morgan fingerprint density at radius 3 is 3.08 bits per heavy atom. The van der Waals surface area contributed by atoms with Crippen LogP contribution in [-0.2, 0) is 11.2 Å². The Balaban J connectivity index is 2.46. The van der Waals surface area contributed by atoms with Crippen molar-refractivity contribution in [1.82, 2.24) is 14.8 Å². The molecular formula is C7H9N3O2. The van der Waals surface area contributed by atoms with Crippen LogP contribution in [0.4, 0.5) is 0 Å². The maximum Gasteiger partial charge on any atom is 0.326 e. The molecule has 1 atom stereocenters. The molecule has 2 heterocycles. The van der Waals surface area contributed by atoms with Gasteiger partial charge in [0.15, 0.2) is 0 Å². The minimum Gasteiger partial charge on any atom is -0.480 e. The number of carboxylic acids is 1. The highest BCUT2D eigenvalue weighted by Crippen LogP contribution is 2.25. The van der Waals surface area contributed by atoms with Gasteiger partial charge in [-0.05, 0) is 13.3 Å². The van der Waals surface area contributed by atoms with Crippen molar-refractivity contribution in [3.8, 4) is 0 Å². The van der Waals surface area contributed by atoms with E-state index in [1.165, 1.54) is 0 Å². The van der Waals surface area contributed by atoms with Crippen molar-refractivity contribution in [1.29, 1.82) is 0 Å². The fourth-order valence-electron chi connectivity index (χ4n) is 1.62. The monoisotopic (exact) mass is 167 g/mol. The quantitative estimate of drug-likeness (QED) is 0.646. The van der Waals surface area contributed by atoms with Gasteiger partial charge in [0.25, 0.3) is 0 Å². The summed E-state index contributed by atoms with van der Waals surface area (Å²) in [6.07, 6.45) is 1.36. The smallest absolute Gasteiger partial charge is 0.326 e. The molecule has 0 aliphatic carbocycles. The van der Waals surface area contributed by atoms with Crippen molar-refractivity contribution < 1.29 is 9.90 Å². The summed E-state index contributed by atoms with van der Waals surface area (Å²) >= 11 is 0. The van der Waals surface area contributed by atoms with E-state index in [0.29, 0.717) is 12.2 Å². The number of carboxylic acid groups (broad SMARTS) is 1. The minimum atomic E-state index is -0.795. The molecule has 0 unspecified atom stereocenters. The molecule has 0 saturated carbocycles. The Labute approximate surface area is 69.0 Å². The van der Waals surface area contributed by atoms with Crippen molar-refractivity contribution in [2.24, 2.45) is 0 Å². The number of rotatable bonds is 1. The number of fused-ring (bicyclic) bond motifs is 1. The fourth-order valence-corrected chi connectivity index (χ4v) is 1.62. The Morgan fingerprint density at radius 2 is 2.42 bits per heavy atom. The van der Waals surface area contributed by atoms with Gasteiger partial charge in [-0.25, -0.2) is 4.79 Å². The van der Waals surface area contributed by atoms with Gasteiger partial charge in [0.05, 0.1) is 0 Å². The summed E-state index contributed by atoms with van der Waals surface area (Å²) in [7, 11) is 0. The number of hydrogen-bond acceptors (Lipinski definition) is 3. The van der Waals surface area contributed by atoms with E-state index in [9.17, 15) is 4.79 Å². The first-order valence-electron chi connectivity index (χ1n) is 3.83. The van der Waals surface area contributed by atoms with Crippen LogP contribution in [0.3, 0.4) is 0 Å². The number of carbonyl (C=O) groups is 1. The molecule has 5 heteroatoms. The largest absolute Gasteiger partial charge is 0.480 e. The molecule has 1 aliphatic heterocycles. The average molecular weight is 167 g/mol. The van der Waals surface area contributed by atoms with Crippen LogP contribution in [0.2, 0.25) is 0 Å². The van der Waals surface area contributed by atoms with Gasteiger partial charge in [0.1, 0.15) is 17.7 Å². The Bertz CT molecular complexity index is 331. The summed E-state index contributed by atoms with van der Waals surface area (Å²) < 4.78 is 1.70. The van der Waals surface area contributed by atoms with Crippen molar-refractivity contribution in [3.05, 3.63) is 11.6 Å². The highest BCUT2D eigenvalue weighted by molar-refractivity contribution is 5.72. The molecule has 0 fully saturated rings. The third kappa shape index (κ3) is 0.823. The second-order valence-corrected chi connectivity index (χ2v) is 2.93. The van der Waals surface area contributed by atoms with Crippen molar-refractivity contribution in [2.45, 2.75) is 25.8 Å².